The second-order valence-corrected chi connectivity index (χ2v) is 8.59. The molecule has 0 spiro atoms. The predicted molar refractivity (Wildman–Crippen MR) is 131 cm³/mol. The number of thiophene rings is 1. The van der Waals surface area contributed by atoms with Crippen LogP contribution < -0.4 is 15.7 Å². The molecular weight excluding hydrogens is 436 g/mol. The van der Waals surface area contributed by atoms with Crippen molar-refractivity contribution in [3.63, 3.8) is 0 Å². The highest BCUT2D eigenvalue weighted by Crippen LogP contribution is 2.32. The molecule has 0 fully saturated rings. The van der Waals surface area contributed by atoms with Crippen LogP contribution in [0.2, 0.25) is 0 Å². The number of hydrogen-bond donors (Lipinski definition) is 1. The first-order chi connectivity index (χ1) is 15.7. The highest BCUT2D eigenvalue weighted by atomic mass is 32.1. The summed E-state index contributed by atoms with van der Waals surface area (Å²) in [5.74, 6) is 0.784. The fourth-order valence-corrected chi connectivity index (χ4v) is 5.06. The molecule has 0 saturated heterocycles. The molecule has 0 unspecified atom stereocenters. The van der Waals surface area contributed by atoms with E-state index in [2.05, 4.69) is 27.3 Å². The fourth-order valence-electron chi connectivity index (χ4n) is 3.80. The largest absolute Gasteiger partial charge is 0.497 e. The van der Waals surface area contributed by atoms with E-state index < -0.39 is 0 Å². The van der Waals surface area contributed by atoms with Crippen molar-refractivity contribution >= 4 is 27.2 Å². The standard InChI is InChI=1S/C23H22N6O2S.CH4/c1-15-19(12-25-11-17-4-3-9-24-10-17)32-22-20(15)21-26-14-27-29(21)23(30)28(22)13-16-5-7-18(31-2)8-6-16;/h3-10,14,25H,11-13H2,1-2H3;1H4. The number of methoxy groups -OCH3 is 1. The van der Waals surface area contributed by atoms with Gasteiger partial charge in [-0.25, -0.2) is 9.78 Å². The van der Waals surface area contributed by atoms with E-state index in [-0.39, 0.29) is 13.1 Å². The van der Waals surface area contributed by atoms with E-state index in [4.69, 9.17) is 4.74 Å². The van der Waals surface area contributed by atoms with Crippen LogP contribution in [0, 0.1) is 6.92 Å². The van der Waals surface area contributed by atoms with Crippen molar-refractivity contribution in [1.82, 2.24) is 29.5 Å². The van der Waals surface area contributed by atoms with Crippen LogP contribution >= 0.6 is 11.3 Å². The van der Waals surface area contributed by atoms with Gasteiger partial charge >= 0.3 is 5.69 Å². The Bertz CT molecular complexity index is 1440. The normalized spacial score (nSPS) is 11.1. The monoisotopic (exact) mass is 462 g/mol. The number of hydrogen-bond acceptors (Lipinski definition) is 7. The van der Waals surface area contributed by atoms with Crippen LogP contribution in [0.15, 0.2) is 59.9 Å². The number of nitrogens with one attached hydrogen (secondary N) is 1. The predicted octanol–water partition coefficient (Wildman–Crippen LogP) is 3.79. The lowest BCUT2D eigenvalue weighted by atomic mass is 10.2. The number of fused-ring (bicyclic) bond motifs is 3. The first-order valence-electron chi connectivity index (χ1n) is 10.2. The first-order valence-corrected chi connectivity index (χ1v) is 11.0. The lowest BCUT2D eigenvalue weighted by molar-refractivity contribution is 0.414. The zero-order chi connectivity index (χ0) is 22.1. The molecule has 0 aliphatic carbocycles. The summed E-state index contributed by atoms with van der Waals surface area (Å²) in [5.41, 5.74) is 3.66. The van der Waals surface area contributed by atoms with Gasteiger partial charge in [-0.05, 0) is 41.8 Å². The van der Waals surface area contributed by atoms with Gasteiger partial charge in [0.2, 0.25) is 0 Å². The van der Waals surface area contributed by atoms with Crippen LogP contribution in [-0.2, 0) is 19.6 Å². The van der Waals surface area contributed by atoms with Crippen LogP contribution in [0.4, 0.5) is 0 Å². The number of ether oxygens (including phenoxy) is 1. The molecule has 1 N–H and O–H groups in total. The first kappa shape index (κ1) is 22.6. The van der Waals surface area contributed by atoms with Crippen molar-refractivity contribution in [2.45, 2.75) is 34.0 Å². The number of rotatable bonds is 7. The molecule has 0 aliphatic heterocycles. The molecule has 4 aromatic heterocycles. The molecule has 170 valence electrons. The summed E-state index contributed by atoms with van der Waals surface area (Å²) >= 11 is 1.62. The summed E-state index contributed by atoms with van der Waals surface area (Å²) in [5, 5.41) is 8.64. The average molecular weight is 463 g/mol. The lowest BCUT2D eigenvalue weighted by Crippen LogP contribution is -2.27. The summed E-state index contributed by atoms with van der Waals surface area (Å²) in [4.78, 5) is 23.8. The number of aryl methyl sites for hydroxylation is 1. The molecule has 1 aromatic carbocycles. The minimum atomic E-state index is -0.197. The number of nitrogens with zero attached hydrogens (tertiary/aromatic N) is 5. The average Bonchev–Trinajstić information content (AvgIpc) is 3.43. The van der Waals surface area contributed by atoms with Gasteiger partial charge in [-0.15, -0.1) is 11.3 Å². The maximum Gasteiger partial charge on any atom is 0.352 e. The molecule has 0 radical (unpaired) electrons. The molecule has 0 bridgehead atoms. The van der Waals surface area contributed by atoms with Crippen molar-refractivity contribution in [2.75, 3.05) is 7.11 Å². The summed E-state index contributed by atoms with van der Waals surface area (Å²) in [6, 6.07) is 11.7. The quantitative estimate of drug-likeness (QED) is 0.396. The molecule has 33 heavy (non-hydrogen) atoms. The summed E-state index contributed by atoms with van der Waals surface area (Å²) in [6.07, 6.45) is 5.06. The molecule has 9 heteroatoms. The highest BCUT2D eigenvalue weighted by Gasteiger charge is 2.19. The van der Waals surface area contributed by atoms with Gasteiger partial charge in [-0.3, -0.25) is 9.55 Å². The Kier molecular flexibility index (Phi) is 6.52. The highest BCUT2D eigenvalue weighted by molar-refractivity contribution is 7.19. The minimum absolute atomic E-state index is 0. The Hall–Kier alpha value is -3.56. The van der Waals surface area contributed by atoms with Crippen molar-refractivity contribution in [1.29, 1.82) is 0 Å². The third-order valence-electron chi connectivity index (χ3n) is 5.49. The Morgan fingerprint density at radius 1 is 1.12 bits per heavy atom. The van der Waals surface area contributed by atoms with Crippen molar-refractivity contribution < 1.29 is 4.74 Å². The molecule has 0 atom stereocenters. The Labute approximate surface area is 195 Å². The molecule has 5 aromatic rings. The van der Waals surface area contributed by atoms with Crippen molar-refractivity contribution in [3.8, 4) is 5.75 Å². The molecule has 0 aliphatic rings. The van der Waals surface area contributed by atoms with Gasteiger partial charge < -0.3 is 10.1 Å². The topological polar surface area (TPSA) is 86.3 Å². The van der Waals surface area contributed by atoms with Gasteiger partial charge in [0.15, 0.2) is 5.65 Å². The van der Waals surface area contributed by atoms with Gasteiger partial charge in [-0.1, -0.05) is 25.6 Å². The van der Waals surface area contributed by atoms with Gasteiger partial charge in [0.1, 0.15) is 16.9 Å². The van der Waals surface area contributed by atoms with Crippen LogP contribution in [0.5, 0.6) is 5.75 Å². The maximum absolute atomic E-state index is 13.2. The smallest absolute Gasteiger partial charge is 0.352 e. The Balaban J connectivity index is 0.00000259. The van der Waals surface area contributed by atoms with Crippen LogP contribution in [0.1, 0.15) is 29.0 Å². The minimum Gasteiger partial charge on any atom is -0.497 e. The van der Waals surface area contributed by atoms with E-state index in [1.807, 2.05) is 42.6 Å². The summed E-state index contributed by atoms with van der Waals surface area (Å²) in [7, 11) is 1.64. The fraction of sp³-hybridized carbons (Fsp3) is 0.250. The van der Waals surface area contributed by atoms with Gasteiger partial charge in [0.25, 0.3) is 0 Å². The van der Waals surface area contributed by atoms with E-state index in [1.165, 1.54) is 15.7 Å². The molecule has 4 heterocycles. The van der Waals surface area contributed by atoms with Crippen LogP contribution in [-0.4, -0.2) is 31.3 Å². The second-order valence-electron chi connectivity index (χ2n) is 7.51. The van der Waals surface area contributed by atoms with Gasteiger partial charge in [0.05, 0.1) is 19.0 Å². The number of benzene rings is 1. The molecule has 5 rings (SSSR count). The lowest BCUT2D eigenvalue weighted by Gasteiger charge is -2.09. The molecule has 0 amide bonds. The Morgan fingerprint density at radius 3 is 2.67 bits per heavy atom. The SMILES string of the molecule is C.COc1ccc(Cn2c(=O)n3ncnc3c3c(C)c(CNCc4cccnc4)sc32)cc1. The van der Waals surface area contributed by atoms with Crippen molar-refractivity contribution in [2.24, 2.45) is 0 Å². The molecule has 8 nitrogen and oxygen atoms in total. The molecular formula is C24H26N6O2S. The van der Waals surface area contributed by atoms with E-state index in [1.54, 1.807) is 29.2 Å². The third kappa shape index (κ3) is 4.24. The van der Waals surface area contributed by atoms with Crippen LogP contribution in [0.3, 0.4) is 0 Å². The number of aromatic nitrogens is 5. The number of pyridine rings is 1. The summed E-state index contributed by atoms with van der Waals surface area (Å²) in [6.45, 7) is 3.94. The Morgan fingerprint density at radius 2 is 1.94 bits per heavy atom. The van der Waals surface area contributed by atoms with E-state index in [0.717, 1.165) is 39.2 Å². The zero-order valence-corrected chi connectivity index (χ0v) is 18.6. The van der Waals surface area contributed by atoms with Gasteiger partial charge in [-0.2, -0.15) is 9.61 Å². The van der Waals surface area contributed by atoms with E-state index >= 15 is 0 Å². The maximum atomic E-state index is 13.2. The zero-order valence-electron chi connectivity index (χ0n) is 17.8. The third-order valence-corrected chi connectivity index (χ3v) is 6.81. The van der Waals surface area contributed by atoms with E-state index in [0.29, 0.717) is 18.7 Å². The summed E-state index contributed by atoms with van der Waals surface area (Å²) < 4.78 is 8.42. The van der Waals surface area contributed by atoms with Crippen molar-refractivity contribution in [3.05, 3.63) is 87.2 Å². The van der Waals surface area contributed by atoms with Gasteiger partial charge in [0, 0.05) is 30.4 Å². The van der Waals surface area contributed by atoms with Crippen LogP contribution in [0.25, 0.3) is 15.9 Å². The molecule has 0 saturated carbocycles. The second kappa shape index (κ2) is 9.51. The van der Waals surface area contributed by atoms with E-state index in [9.17, 15) is 4.79 Å².